The number of imidazole rings is 2. The van der Waals surface area contributed by atoms with Crippen molar-refractivity contribution in [2.75, 3.05) is 27.3 Å². The number of likely N-dealkylation sites (tertiary alicyclic amines) is 2. The van der Waals surface area contributed by atoms with E-state index in [0.717, 1.165) is 157 Å². The van der Waals surface area contributed by atoms with Crippen molar-refractivity contribution in [3.8, 4) is 33.6 Å². The Morgan fingerprint density at radius 3 is 1.57 bits per heavy atom. The number of hydrogen-bond acceptors (Lipinski definition) is 9. The Kier molecular flexibility index (Phi) is 11.9. The van der Waals surface area contributed by atoms with Crippen LogP contribution >= 0.6 is 0 Å². The van der Waals surface area contributed by atoms with Crippen LogP contribution in [-0.2, 0) is 19.1 Å². The van der Waals surface area contributed by atoms with Crippen LogP contribution in [0.2, 0.25) is 0 Å². The number of nitrogens with zero attached hydrogens (tertiary/aromatic N) is 4. The molecule has 4 amide bonds. The first kappa shape index (κ1) is 42.6. The number of aromatic nitrogens is 4. The fourth-order valence-electron chi connectivity index (χ4n) is 11.4. The topological polar surface area (TPSA) is 188 Å². The van der Waals surface area contributed by atoms with E-state index in [-0.39, 0.29) is 35.7 Å². The SMILES string of the molecule is COC(=O)N[C@H](C(=O)N1CCC[C@@H]1c1ncc(-c2ccc(-c3ccc(-c4cnc([C@@H]5CCCN5C(=O)[C@@H](NC(=O)OC)C5CCCCC5)[nH]4)c4c5ccc(o5)c34)cc2)[nH]1)C1CCCCC1. The molecule has 4 atom stereocenters. The van der Waals surface area contributed by atoms with Crippen molar-refractivity contribution in [3.63, 3.8) is 0 Å². The van der Waals surface area contributed by atoms with E-state index in [1.807, 2.05) is 34.3 Å². The summed E-state index contributed by atoms with van der Waals surface area (Å²) in [6, 6.07) is 15.0. The van der Waals surface area contributed by atoms with Crippen LogP contribution in [0, 0.1) is 11.8 Å². The smallest absolute Gasteiger partial charge is 0.407 e. The summed E-state index contributed by atoms with van der Waals surface area (Å²) in [7, 11) is 2.67. The van der Waals surface area contributed by atoms with Gasteiger partial charge in [-0.05, 0) is 92.0 Å². The highest BCUT2D eigenvalue weighted by atomic mass is 16.5. The number of benzene rings is 3. The van der Waals surface area contributed by atoms with Gasteiger partial charge in [0, 0.05) is 29.4 Å². The van der Waals surface area contributed by atoms with E-state index in [1.165, 1.54) is 14.2 Å². The van der Waals surface area contributed by atoms with E-state index in [2.05, 4.69) is 57.0 Å². The molecule has 2 aliphatic carbocycles. The van der Waals surface area contributed by atoms with Crippen LogP contribution in [0.3, 0.4) is 0 Å². The van der Waals surface area contributed by atoms with Crippen molar-refractivity contribution in [1.29, 1.82) is 0 Å². The van der Waals surface area contributed by atoms with Gasteiger partial charge in [0.25, 0.3) is 0 Å². The highest BCUT2D eigenvalue weighted by molar-refractivity contribution is 6.19. The van der Waals surface area contributed by atoms with Crippen LogP contribution < -0.4 is 10.6 Å². The zero-order valence-electron chi connectivity index (χ0n) is 37.2. The summed E-state index contributed by atoms with van der Waals surface area (Å²) < 4.78 is 16.2. The summed E-state index contributed by atoms with van der Waals surface area (Å²) in [6.45, 7) is 1.21. The van der Waals surface area contributed by atoms with Crippen molar-refractivity contribution in [3.05, 3.63) is 72.6 Å². The quantitative estimate of drug-likeness (QED) is 0.0983. The number of alkyl carbamates (subject to hydrolysis) is 2. The molecular weight excluding hydrogens is 825 g/mol. The minimum absolute atomic E-state index is 0.0660. The lowest BCUT2D eigenvalue weighted by atomic mass is 9.83. The first-order valence-electron chi connectivity index (χ1n) is 23.6. The Morgan fingerprint density at radius 1 is 0.585 bits per heavy atom. The molecule has 2 saturated heterocycles. The van der Waals surface area contributed by atoms with Gasteiger partial charge >= 0.3 is 12.2 Å². The predicted octanol–water partition coefficient (Wildman–Crippen LogP) is 9.41. The zero-order chi connectivity index (χ0) is 44.6. The maximum Gasteiger partial charge on any atom is 0.407 e. The summed E-state index contributed by atoms with van der Waals surface area (Å²) in [6.07, 6.45) is 15.9. The molecule has 4 fully saturated rings. The molecule has 6 aromatic rings. The molecule has 6 heterocycles. The molecule has 4 N–H and O–H groups in total. The number of methoxy groups -OCH3 is 2. The molecule has 4 aliphatic rings. The molecule has 0 unspecified atom stereocenters. The molecule has 15 nitrogen and oxygen atoms in total. The van der Waals surface area contributed by atoms with Crippen molar-refractivity contribution >= 4 is 45.9 Å². The number of H-pyrrole nitrogens is 2. The Morgan fingerprint density at radius 2 is 1.05 bits per heavy atom. The lowest BCUT2D eigenvalue weighted by Gasteiger charge is -2.34. The van der Waals surface area contributed by atoms with Crippen LogP contribution in [0.4, 0.5) is 9.59 Å². The number of ether oxygens (including phenoxy) is 2. The lowest BCUT2D eigenvalue weighted by Crippen LogP contribution is -2.52. The second kappa shape index (κ2) is 18.2. The van der Waals surface area contributed by atoms with Crippen LogP contribution in [0.5, 0.6) is 0 Å². The third-order valence-corrected chi connectivity index (χ3v) is 14.7. The number of rotatable bonds is 11. The van der Waals surface area contributed by atoms with Crippen molar-refractivity contribution in [2.24, 2.45) is 11.8 Å². The van der Waals surface area contributed by atoms with Crippen molar-refractivity contribution < 1.29 is 33.1 Å². The van der Waals surface area contributed by atoms with Gasteiger partial charge in [-0.25, -0.2) is 19.6 Å². The van der Waals surface area contributed by atoms with Crippen LogP contribution in [-0.4, -0.2) is 93.1 Å². The molecule has 340 valence electrons. The van der Waals surface area contributed by atoms with Gasteiger partial charge in [-0.15, -0.1) is 0 Å². The van der Waals surface area contributed by atoms with Crippen molar-refractivity contribution in [1.82, 2.24) is 40.4 Å². The highest BCUT2D eigenvalue weighted by Crippen LogP contribution is 2.45. The van der Waals surface area contributed by atoms with E-state index < -0.39 is 24.3 Å². The number of furan rings is 2. The Labute approximate surface area is 377 Å². The summed E-state index contributed by atoms with van der Waals surface area (Å²) in [4.78, 5) is 73.7. The van der Waals surface area contributed by atoms with Gasteiger partial charge in [0.2, 0.25) is 11.8 Å². The average Bonchev–Trinajstić information content (AvgIpc) is 4.22. The normalized spacial score (nSPS) is 20.6. The van der Waals surface area contributed by atoms with Gasteiger partial charge in [-0.2, -0.15) is 0 Å². The number of carbonyl (C=O) groups excluding carboxylic acids is 4. The third kappa shape index (κ3) is 8.18. The average molecular weight is 883 g/mol. The third-order valence-electron chi connectivity index (χ3n) is 14.7. The highest BCUT2D eigenvalue weighted by Gasteiger charge is 2.41. The van der Waals surface area contributed by atoms with Gasteiger partial charge in [-0.1, -0.05) is 74.9 Å². The maximum atomic E-state index is 14.2. The second-order valence-corrected chi connectivity index (χ2v) is 18.4. The van der Waals surface area contributed by atoms with Crippen LogP contribution in [0.1, 0.15) is 114 Å². The first-order valence-corrected chi connectivity index (χ1v) is 23.6. The summed E-state index contributed by atoms with van der Waals surface area (Å²) >= 11 is 0. The largest absolute Gasteiger partial charge is 0.456 e. The predicted molar refractivity (Wildman–Crippen MR) is 245 cm³/mol. The maximum absolute atomic E-state index is 14.2. The lowest BCUT2D eigenvalue weighted by molar-refractivity contribution is -0.136. The Bertz CT molecular complexity index is 2660. The number of hydrogen-bond donors (Lipinski definition) is 4. The number of nitrogens with one attached hydrogen (secondary N) is 4. The van der Waals surface area contributed by atoms with Gasteiger partial charge in [-0.3, -0.25) is 9.59 Å². The first-order chi connectivity index (χ1) is 31.8. The molecule has 2 saturated carbocycles. The monoisotopic (exact) mass is 882 g/mol. The molecule has 0 spiro atoms. The van der Waals surface area contributed by atoms with Crippen LogP contribution in [0.25, 0.3) is 55.6 Å². The number of amides is 4. The minimum Gasteiger partial charge on any atom is -0.456 e. The standard InChI is InChI=1S/C50H58N8O7/c1-63-49(61)55-43(31-11-5-3-6-12-31)47(59)57-25-9-15-37(57)45-51-27-35(53-45)30-19-17-29(18-20-30)33-21-22-34(42-40-24-23-39(65-40)41(33)42)36-28-52-46(54-36)38-16-10-26-58(38)48(60)44(56-50(62)64-2)32-13-7-4-8-14-32/h17-24,27-28,31-32,37-38,43-44H,3-16,25-26H2,1-2H3,(H,51,53)(H,52,54)(H,55,61)(H,56,62)/t37-,38+,43+,44+/m1/s1. The van der Waals surface area contributed by atoms with Gasteiger partial charge < -0.3 is 44.3 Å². The van der Waals surface area contributed by atoms with Crippen molar-refractivity contribution in [2.45, 2.75) is 114 Å². The minimum atomic E-state index is -0.629. The van der Waals surface area contributed by atoms with E-state index in [1.54, 1.807) is 0 Å². The molecule has 0 radical (unpaired) electrons. The summed E-state index contributed by atoms with van der Waals surface area (Å²) in [5.41, 5.74) is 7.31. The molecule has 2 bridgehead atoms. The number of fused-ring (bicyclic) bond motifs is 5. The Hall–Kier alpha value is -6.38. The zero-order valence-corrected chi connectivity index (χ0v) is 37.2. The fourth-order valence-corrected chi connectivity index (χ4v) is 11.4. The molecule has 65 heavy (non-hydrogen) atoms. The van der Waals surface area contributed by atoms with Crippen LogP contribution in [0.15, 0.2) is 65.3 Å². The van der Waals surface area contributed by atoms with E-state index in [9.17, 15) is 19.2 Å². The van der Waals surface area contributed by atoms with E-state index in [0.29, 0.717) is 13.1 Å². The molecule has 15 heteroatoms. The molecular formula is C50H58N8O7. The molecule has 4 aromatic heterocycles. The second-order valence-electron chi connectivity index (χ2n) is 18.4. The summed E-state index contributed by atoms with van der Waals surface area (Å²) in [5, 5.41) is 7.79. The molecule has 2 aliphatic heterocycles. The van der Waals surface area contributed by atoms with E-state index in [4.69, 9.17) is 23.9 Å². The fraction of sp³-hybridized carbons (Fsp3) is 0.480. The molecule has 2 aromatic carbocycles. The van der Waals surface area contributed by atoms with Gasteiger partial charge in [0.15, 0.2) is 0 Å². The van der Waals surface area contributed by atoms with Gasteiger partial charge in [0.1, 0.15) is 34.9 Å². The summed E-state index contributed by atoms with van der Waals surface area (Å²) in [5.74, 6) is 1.49. The van der Waals surface area contributed by atoms with Gasteiger partial charge in [0.05, 0.1) is 50.1 Å². The van der Waals surface area contributed by atoms with E-state index >= 15 is 0 Å². The number of aromatic amines is 2. The Balaban J connectivity index is 0.873. The molecule has 10 rings (SSSR count). The number of carbonyl (C=O) groups is 4.